The smallest absolute Gasteiger partial charge is 0.411 e. The summed E-state index contributed by atoms with van der Waals surface area (Å²) in [6.07, 6.45) is 2.59. The molecule has 0 saturated heterocycles. The van der Waals surface area contributed by atoms with Gasteiger partial charge in [-0.15, -0.1) is 0 Å². The molecular weight excluding hydrogens is 448 g/mol. The van der Waals surface area contributed by atoms with E-state index in [-0.39, 0.29) is 25.0 Å². The average molecular weight is 477 g/mol. The van der Waals surface area contributed by atoms with Gasteiger partial charge in [0, 0.05) is 12.1 Å². The quantitative estimate of drug-likeness (QED) is 0.431. The standard InChI is InChI=1S/C26H28N4O5/c1-16(2)11-23(25(32)33)29-24(31)14-30-13-17(12-27-30)28-26(34)35-15-22-20-9-5-3-7-18(20)19-8-4-6-10-21(19)22/h3-10,12-13,16,22-23H,11,14-15H2,1-2H3,(H,28,34)(H,29,31)(H,32,33). The first kappa shape index (κ1) is 24.0. The van der Waals surface area contributed by atoms with Crippen molar-refractivity contribution in [2.75, 3.05) is 11.9 Å². The van der Waals surface area contributed by atoms with Crippen LogP contribution in [0.4, 0.5) is 10.5 Å². The lowest BCUT2D eigenvalue weighted by Crippen LogP contribution is -2.43. The van der Waals surface area contributed by atoms with E-state index >= 15 is 0 Å². The maximum Gasteiger partial charge on any atom is 0.411 e. The molecule has 3 N–H and O–H groups in total. The number of aromatic nitrogens is 2. The molecular formula is C26H28N4O5. The van der Waals surface area contributed by atoms with Crippen molar-refractivity contribution >= 4 is 23.7 Å². The topological polar surface area (TPSA) is 123 Å². The molecule has 0 bridgehead atoms. The highest BCUT2D eigenvalue weighted by atomic mass is 16.5. The van der Waals surface area contributed by atoms with Crippen molar-refractivity contribution in [2.45, 2.75) is 38.8 Å². The first-order chi connectivity index (χ1) is 16.8. The van der Waals surface area contributed by atoms with Gasteiger partial charge in [0.25, 0.3) is 0 Å². The molecule has 1 heterocycles. The molecule has 35 heavy (non-hydrogen) atoms. The Labute approximate surface area is 203 Å². The van der Waals surface area contributed by atoms with Gasteiger partial charge in [-0.25, -0.2) is 9.59 Å². The van der Waals surface area contributed by atoms with Crippen molar-refractivity contribution in [1.29, 1.82) is 0 Å². The number of anilines is 1. The Hall–Kier alpha value is -4.14. The average Bonchev–Trinajstić information content (AvgIpc) is 3.38. The molecule has 1 aromatic heterocycles. The second kappa shape index (κ2) is 10.4. The maximum atomic E-state index is 12.4. The number of nitrogens with zero attached hydrogens (tertiary/aromatic N) is 2. The van der Waals surface area contributed by atoms with Gasteiger partial charge >= 0.3 is 12.1 Å². The van der Waals surface area contributed by atoms with Gasteiger partial charge in [0.05, 0.1) is 11.9 Å². The molecule has 0 spiro atoms. The number of benzene rings is 2. The largest absolute Gasteiger partial charge is 0.480 e. The van der Waals surface area contributed by atoms with Gasteiger partial charge in [0.1, 0.15) is 19.2 Å². The number of ether oxygens (including phenoxy) is 1. The first-order valence-corrected chi connectivity index (χ1v) is 11.5. The lowest BCUT2D eigenvalue weighted by atomic mass is 9.98. The van der Waals surface area contributed by atoms with Crippen molar-refractivity contribution < 1.29 is 24.2 Å². The summed E-state index contributed by atoms with van der Waals surface area (Å²) in [4.78, 5) is 36.0. The van der Waals surface area contributed by atoms with Crippen LogP contribution in [0.3, 0.4) is 0 Å². The number of carbonyl (C=O) groups is 3. The van der Waals surface area contributed by atoms with Gasteiger partial charge < -0.3 is 15.2 Å². The van der Waals surface area contributed by atoms with Crippen LogP contribution in [0.1, 0.15) is 37.3 Å². The van der Waals surface area contributed by atoms with Crippen LogP contribution in [0.2, 0.25) is 0 Å². The van der Waals surface area contributed by atoms with Gasteiger partial charge in [-0.1, -0.05) is 62.4 Å². The molecule has 9 heteroatoms. The summed E-state index contributed by atoms with van der Waals surface area (Å²) in [7, 11) is 0. The van der Waals surface area contributed by atoms with E-state index in [9.17, 15) is 19.5 Å². The number of fused-ring (bicyclic) bond motifs is 3. The second-order valence-electron chi connectivity index (χ2n) is 8.97. The van der Waals surface area contributed by atoms with E-state index in [2.05, 4.69) is 27.9 Å². The van der Waals surface area contributed by atoms with E-state index in [1.807, 2.05) is 50.2 Å². The van der Waals surface area contributed by atoms with Crippen molar-refractivity contribution in [3.8, 4) is 11.1 Å². The minimum absolute atomic E-state index is 0.0485. The number of amides is 2. The third kappa shape index (κ3) is 5.68. The molecule has 0 fully saturated rings. The van der Waals surface area contributed by atoms with Crippen LogP contribution in [-0.4, -0.2) is 45.5 Å². The Bertz CT molecular complexity index is 1190. The number of carbonyl (C=O) groups excluding carboxylic acids is 2. The molecule has 4 rings (SSSR count). The third-order valence-corrected chi connectivity index (χ3v) is 5.87. The van der Waals surface area contributed by atoms with Crippen molar-refractivity contribution in [3.05, 3.63) is 72.1 Å². The van der Waals surface area contributed by atoms with Crippen LogP contribution in [0, 0.1) is 5.92 Å². The predicted octanol–water partition coefficient (Wildman–Crippen LogP) is 3.86. The van der Waals surface area contributed by atoms with E-state index in [1.54, 1.807) is 0 Å². The zero-order valence-corrected chi connectivity index (χ0v) is 19.6. The zero-order valence-electron chi connectivity index (χ0n) is 19.6. The highest BCUT2D eigenvalue weighted by Gasteiger charge is 2.29. The molecule has 1 aliphatic carbocycles. The summed E-state index contributed by atoms with van der Waals surface area (Å²) >= 11 is 0. The fraction of sp³-hybridized carbons (Fsp3) is 0.308. The third-order valence-electron chi connectivity index (χ3n) is 5.87. The van der Waals surface area contributed by atoms with Gasteiger partial charge in [-0.2, -0.15) is 5.10 Å². The number of nitrogens with one attached hydrogen (secondary N) is 2. The normalized spacial score (nSPS) is 13.1. The summed E-state index contributed by atoms with van der Waals surface area (Å²) in [6.45, 7) is 3.78. The Morgan fingerprint density at radius 2 is 1.69 bits per heavy atom. The van der Waals surface area contributed by atoms with Gasteiger partial charge in [0.15, 0.2) is 0 Å². The minimum Gasteiger partial charge on any atom is -0.480 e. The van der Waals surface area contributed by atoms with Gasteiger partial charge in [0.2, 0.25) is 5.91 Å². The van der Waals surface area contributed by atoms with E-state index in [1.165, 1.54) is 17.1 Å². The van der Waals surface area contributed by atoms with Crippen LogP contribution in [0.25, 0.3) is 11.1 Å². The summed E-state index contributed by atoms with van der Waals surface area (Å²) < 4.78 is 6.84. The lowest BCUT2D eigenvalue weighted by molar-refractivity contribution is -0.142. The second-order valence-corrected chi connectivity index (χ2v) is 8.97. The maximum absolute atomic E-state index is 12.4. The van der Waals surface area contributed by atoms with Crippen molar-refractivity contribution in [3.63, 3.8) is 0 Å². The SMILES string of the molecule is CC(C)CC(NC(=O)Cn1cc(NC(=O)OCC2c3ccccc3-c3ccccc32)cn1)C(=O)O. The molecule has 1 atom stereocenters. The van der Waals surface area contributed by atoms with Crippen LogP contribution >= 0.6 is 0 Å². The number of rotatable bonds is 9. The molecule has 1 unspecified atom stereocenters. The van der Waals surface area contributed by atoms with E-state index < -0.39 is 24.0 Å². The van der Waals surface area contributed by atoms with Crippen LogP contribution in [0.5, 0.6) is 0 Å². The lowest BCUT2D eigenvalue weighted by Gasteiger charge is -2.16. The van der Waals surface area contributed by atoms with Crippen LogP contribution < -0.4 is 10.6 Å². The molecule has 1 aliphatic rings. The summed E-state index contributed by atoms with van der Waals surface area (Å²) in [5, 5.41) is 18.5. The minimum atomic E-state index is -1.08. The first-order valence-electron chi connectivity index (χ1n) is 11.5. The fourth-order valence-corrected chi connectivity index (χ4v) is 4.35. The Balaban J connectivity index is 1.31. The van der Waals surface area contributed by atoms with Crippen molar-refractivity contribution in [2.24, 2.45) is 5.92 Å². The fourth-order valence-electron chi connectivity index (χ4n) is 4.35. The van der Waals surface area contributed by atoms with E-state index in [0.29, 0.717) is 12.1 Å². The van der Waals surface area contributed by atoms with Crippen LogP contribution in [-0.2, 0) is 20.9 Å². The molecule has 0 aliphatic heterocycles. The monoisotopic (exact) mass is 476 g/mol. The number of hydrogen-bond acceptors (Lipinski definition) is 5. The van der Waals surface area contributed by atoms with Gasteiger partial charge in [-0.3, -0.25) is 14.8 Å². The summed E-state index contributed by atoms with van der Waals surface area (Å²) in [5.41, 5.74) is 4.91. The Morgan fingerprint density at radius 1 is 1.06 bits per heavy atom. The highest BCUT2D eigenvalue weighted by Crippen LogP contribution is 2.44. The molecule has 9 nitrogen and oxygen atoms in total. The number of carboxylic acids is 1. The molecule has 0 radical (unpaired) electrons. The molecule has 0 saturated carbocycles. The number of carboxylic acid groups (broad SMARTS) is 1. The zero-order chi connectivity index (χ0) is 24.9. The summed E-state index contributed by atoms with van der Waals surface area (Å²) in [5.74, 6) is -1.49. The van der Waals surface area contributed by atoms with Gasteiger partial charge in [-0.05, 0) is 34.6 Å². The molecule has 2 aromatic carbocycles. The van der Waals surface area contributed by atoms with Crippen LogP contribution in [0.15, 0.2) is 60.9 Å². The highest BCUT2D eigenvalue weighted by molar-refractivity contribution is 5.85. The van der Waals surface area contributed by atoms with E-state index in [4.69, 9.17) is 4.74 Å². The molecule has 2 amide bonds. The predicted molar refractivity (Wildman–Crippen MR) is 130 cm³/mol. The number of hydrogen-bond donors (Lipinski definition) is 3. The van der Waals surface area contributed by atoms with E-state index in [0.717, 1.165) is 22.3 Å². The Morgan fingerprint density at radius 3 is 2.29 bits per heavy atom. The number of aliphatic carboxylic acids is 1. The Kier molecular flexibility index (Phi) is 7.14. The summed E-state index contributed by atoms with van der Waals surface area (Å²) in [6, 6.07) is 15.2. The van der Waals surface area contributed by atoms with Crippen molar-refractivity contribution in [1.82, 2.24) is 15.1 Å². The molecule has 182 valence electrons. The molecule has 3 aromatic rings.